The summed E-state index contributed by atoms with van der Waals surface area (Å²) in [6.07, 6.45) is 2.53. The minimum atomic E-state index is -3.19. The Labute approximate surface area is 155 Å². The molecule has 1 aliphatic rings. The maximum Gasteiger partial charge on any atom is 0.222 e. The molecule has 0 radical (unpaired) electrons. The number of amidine groups is 1. The highest BCUT2D eigenvalue weighted by molar-refractivity contribution is 7.89. The lowest BCUT2D eigenvalue weighted by Gasteiger charge is -2.34. The summed E-state index contributed by atoms with van der Waals surface area (Å²) in [7, 11) is -3.19. The van der Waals surface area contributed by atoms with Gasteiger partial charge < -0.3 is 10.6 Å². The fourth-order valence-corrected chi connectivity index (χ4v) is 4.56. The van der Waals surface area contributed by atoms with Gasteiger partial charge in [0.25, 0.3) is 0 Å². The Bertz CT molecular complexity index is 723. The first kappa shape index (κ1) is 20.4. The SMILES string of the molecule is CCCCS(=O)(=O)N1CCN(C(=O)CCc2ccc(C(=N)N)cc2)CC1. The number of nitrogen functional groups attached to an aromatic ring is 1. The molecular formula is C18H28N4O3S. The molecule has 0 bridgehead atoms. The summed E-state index contributed by atoms with van der Waals surface area (Å²) >= 11 is 0. The van der Waals surface area contributed by atoms with Crippen molar-refractivity contribution in [2.24, 2.45) is 5.73 Å². The molecule has 0 saturated carbocycles. The predicted octanol–water partition coefficient (Wildman–Crippen LogP) is 1.18. The van der Waals surface area contributed by atoms with Crippen molar-refractivity contribution in [1.82, 2.24) is 9.21 Å². The maximum atomic E-state index is 12.4. The zero-order chi connectivity index (χ0) is 19.2. The van der Waals surface area contributed by atoms with E-state index in [1.54, 1.807) is 17.0 Å². The normalized spacial score (nSPS) is 15.8. The molecule has 26 heavy (non-hydrogen) atoms. The number of benzene rings is 1. The number of unbranched alkanes of at least 4 members (excludes halogenated alkanes) is 1. The zero-order valence-electron chi connectivity index (χ0n) is 15.3. The number of piperazine rings is 1. The van der Waals surface area contributed by atoms with Gasteiger partial charge in [0.15, 0.2) is 0 Å². The molecule has 0 aliphatic carbocycles. The standard InChI is InChI=1S/C18H28N4O3S/c1-2-3-14-26(24,25)22-12-10-21(11-13-22)17(23)9-6-15-4-7-16(8-5-15)18(19)20/h4-5,7-8H,2-3,6,9-14H2,1H3,(H3,19,20). The molecule has 0 atom stereocenters. The minimum absolute atomic E-state index is 0.0272. The number of nitrogens with two attached hydrogens (primary N) is 1. The van der Waals surface area contributed by atoms with Gasteiger partial charge in [-0.15, -0.1) is 0 Å². The summed E-state index contributed by atoms with van der Waals surface area (Å²) in [4.78, 5) is 14.1. The predicted molar refractivity (Wildman–Crippen MR) is 103 cm³/mol. The lowest BCUT2D eigenvalue weighted by molar-refractivity contribution is -0.132. The van der Waals surface area contributed by atoms with Crippen LogP contribution in [-0.4, -0.2) is 61.3 Å². The number of sulfonamides is 1. The van der Waals surface area contributed by atoms with Crippen LogP contribution in [0.5, 0.6) is 0 Å². The van der Waals surface area contributed by atoms with Gasteiger partial charge in [-0.1, -0.05) is 37.6 Å². The highest BCUT2D eigenvalue weighted by Crippen LogP contribution is 2.12. The molecule has 1 amide bonds. The minimum Gasteiger partial charge on any atom is -0.384 e. The molecule has 144 valence electrons. The Morgan fingerprint density at radius 1 is 1.15 bits per heavy atom. The van der Waals surface area contributed by atoms with E-state index >= 15 is 0 Å². The number of hydrogen-bond acceptors (Lipinski definition) is 4. The number of nitrogens with one attached hydrogen (secondary N) is 1. The Hall–Kier alpha value is -1.93. The second-order valence-corrected chi connectivity index (χ2v) is 8.65. The summed E-state index contributed by atoms with van der Waals surface area (Å²) in [6, 6.07) is 7.31. The van der Waals surface area contributed by atoms with Gasteiger partial charge in [-0.25, -0.2) is 8.42 Å². The maximum absolute atomic E-state index is 12.4. The number of nitrogens with zero attached hydrogens (tertiary/aromatic N) is 2. The molecule has 1 aliphatic heterocycles. The Kier molecular flexibility index (Phi) is 7.16. The van der Waals surface area contributed by atoms with Crippen LogP contribution in [0.15, 0.2) is 24.3 Å². The van der Waals surface area contributed by atoms with Crippen molar-refractivity contribution in [2.45, 2.75) is 32.6 Å². The molecule has 1 fully saturated rings. The van der Waals surface area contributed by atoms with Gasteiger partial charge in [-0.3, -0.25) is 10.2 Å². The number of aryl methyl sites for hydroxylation is 1. The van der Waals surface area contributed by atoms with E-state index in [9.17, 15) is 13.2 Å². The van der Waals surface area contributed by atoms with Gasteiger partial charge in [0, 0.05) is 38.2 Å². The molecule has 0 aromatic heterocycles. The van der Waals surface area contributed by atoms with E-state index in [2.05, 4.69) is 0 Å². The Morgan fingerprint density at radius 3 is 2.31 bits per heavy atom. The second kappa shape index (κ2) is 9.14. The van der Waals surface area contributed by atoms with Crippen LogP contribution in [0.3, 0.4) is 0 Å². The number of carbonyl (C=O) groups is 1. The van der Waals surface area contributed by atoms with Crippen molar-refractivity contribution < 1.29 is 13.2 Å². The highest BCUT2D eigenvalue weighted by atomic mass is 32.2. The largest absolute Gasteiger partial charge is 0.384 e. The zero-order valence-corrected chi connectivity index (χ0v) is 16.1. The van der Waals surface area contributed by atoms with Crippen LogP contribution in [-0.2, 0) is 21.2 Å². The molecule has 8 heteroatoms. The van der Waals surface area contributed by atoms with Gasteiger partial charge in [0.1, 0.15) is 5.84 Å². The van der Waals surface area contributed by atoms with Crippen LogP contribution in [0.2, 0.25) is 0 Å². The van der Waals surface area contributed by atoms with Crippen LogP contribution < -0.4 is 5.73 Å². The van der Waals surface area contributed by atoms with E-state index in [0.717, 1.165) is 12.0 Å². The molecule has 3 N–H and O–H groups in total. The van der Waals surface area contributed by atoms with Crippen molar-refractivity contribution >= 4 is 21.8 Å². The average Bonchev–Trinajstić information content (AvgIpc) is 2.65. The molecule has 1 saturated heterocycles. The van der Waals surface area contributed by atoms with Gasteiger partial charge in [-0.05, 0) is 18.4 Å². The molecule has 7 nitrogen and oxygen atoms in total. The van der Waals surface area contributed by atoms with Crippen molar-refractivity contribution in [2.75, 3.05) is 31.9 Å². The summed E-state index contributed by atoms with van der Waals surface area (Å²) in [6.45, 7) is 3.64. The summed E-state index contributed by atoms with van der Waals surface area (Å²) in [5, 5.41) is 7.38. The topological polar surface area (TPSA) is 108 Å². The summed E-state index contributed by atoms with van der Waals surface area (Å²) in [5.74, 6) is 0.263. The smallest absolute Gasteiger partial charge is 0.222 e. The molecule has 2 rings (SSSR count). The first-order chi connectivity index (χ1) is 12.3. The molecular weight excluding hydrogens is 352 g/mol. The fraction of sp³-hybridized carbons (Fsp3) is 0.556. The third-order valence-corrected chi connectivity index (χ3v) is 6.59. The highest BCUT2D eigenvalue weighted by Gasteiger charge is 2.28. The van der Waals surface area contributed by atoms with Gasteiger partial charge in [0.05, 0.1) is 5.75 Å². The van der Waals surface area contributed by atoms with Crippen molar-refractivity contribution in [3.63, 3.8) is 0 Å². The Balaban J connectivity index is 1.80. The van der Waals surface area contributed by atoms with E-state index in [-0.39, 0.29) is 17.5 Å². The lowest BCUT2D eigenvalue weighted by Crippen LogP contribution is -2.51. The Morgan fingerprint density at radius 2 is 1.77 bits per heavy atom. The number of carbonyl (C=O) groups excluding carboxylic acids is 1. The lowest BCUT2D eigenvalue weighted by atomic mass is 10.1. The second-order valence-electron chi connectivity index (χ2n) is 6.56. The summed E-state index contributed by atoms with van der Waals surface area (Å²) < 4.78 is 25.9. The molecule has 1 heterocycles. The third-order valence-electron chi connectivity index (χ3n) is 4.63. The molecule has 0 spiro atoms. The van der Waals surface area contributed by atoms with Crippen molar-refractivity contribution in [3.05, 3.63) is 35.4 Å². The number of hydrogen-bond donors (Lipinski definition) is 2. The van der Waals surface area contributed by atoms with Crippen molar-refractivity contribution in [1.29, 1.82) is 5.41 Å². The average molecular weight is 381 g/mol. The van der Waals surface area contributed by atoms with Gasteiger partial charge in [0.2, 0.25) is 15.9 Å². The molecule has 0 unspecified atom stereocenters. The van der Waals surface area contributed by atoms with Crippen LogP contribution in [0.25, 0.3) is 0 Å². The van der Waals surface area contributed by atoms with E-state index < -0.39 is 10.0 Å². The van der Waals surface area contributed by atoms with Gasteiger partial charge >= 0.3 is 0 Å². The third kappa shape index (κ3) is 5.54. The molecule has 1 aromatic carbocycles. The van der Waals surface area contributed by atoms with E-state index in [4.69, 9.17) is 11.1 Å². The van der Waals surface area contributed by atoms with E-state index in [1.165, 1.54) is 4.31 Å². The van der Waals surface area contributed by atoms with Crippen LogP contribution in [0.4, 0.5) is 0 Å². The van der Waals surface area contributed by atoms with Crippen LogP contribution >= 0.6 is 0 Å². The number of rotatable bonds is 8. The number of amides is 1. The monoisotopic (exact) mass is 380 g/mol. The summed E-state index contributed by atoms with van der Waals surface area (Å²) in [5.41, 5.74) is 7.11. The fourth-order valence-electron chi connectivity index (χ4n) is 2.93. The van der Waals surface area contributed by atoms with Crippen LogP contribution in [0.1, 0.15) is 37.3 Å². The van der Waals surface area contributed by atoms with Crippen molar-refractivity contribution in [3.8, 4) is 0 Å². The van der Waals surface area contributed by atoms with Gasteiger partial charge in [-0.2, -0.15) is 4.31 Å². The molecule has 1 aromatic rings. The quantitative estimate of drug-likeness (QED) is 0.521. The van der Waals surface area contributed by atoms with E-state index in [0.29, 0.717) is 51.0 Å². The van der Waals surface area contributed by atoms with Crippen LogP contribution in [0, 0.1) is 5.41 Å². The first-order valence-corrected chi connectivity index (χ1v) is 10.6. The van der Waals surface area contributed by atoms with E-state index in [1.807, 2.05) is 19.1 Å². The first-order valence-electron chi connectivity index (χ1n) is 9.02.